The standard InChI is InChI=1S/C20H32N4O3S.HI/c1-16(2)23-28(25,26)13-18-6-4-17(5-7-18)12-22-19(21-3)24-10-8-20(14-24)9-11-27-15-20;/h4-7,16,23H,8-15H2,1-3H3,(H,21,22);1H. The first-order valence-corrected chi connectivity index (χ1v) is 11.6. The summed E-state index contributed by atoms with van der Waals surface area (Å²) < 4.78 is 32.3. The van der Waals surface area contributed by atoms with Crippen molar-refractivity contribution in [2.45, 2.75) is 45.0 Å². The van der Waals surface area contributed by atoms with Crippen LogP contribution >= 0.6 is 24.0 Å². The first-order chi connectivity index (χ1) is 13.3. The molecule has 1 aromatic rings. The maximum Gasteiger partial charge on any atom is 0.216 e. The van der Waals surface area contributed by atoms with E-state index in [9.17, 15) is 8.42 Å². The van der Waals surface area contributed by atoms with Crippen molar-refractivity contribution in [1.82, 2.24) is 14.9 Å². The van der Waals surface area contributed by atoms with Crippen molar-refractivity contribution in [2.75, 3.05) is 33.4 Å². The number of sulfonamides is 1. The van der Waals surface area contributed by atoms with Crippen molar-refractivity contribution in [2.24, 2.45) is 10.4 Å². The third-order valence-electron chi connectivity index (χ3n) is 5.38. The van der Waals surface area contributed by atoms with Crippen molar-refractivity contribution >= 4 is 40.0 Å². The van der Waals surface area contributed by atoms with E-state index in [1.165, 1.54) is 0 Å². The van der Waals surface area contributed by atoms with Crippen molar-refractivity contribution in [3.63, 3.8) is 0 Å². The Morgan fingerprint density at radius 2 is 1.93 bits per heavy atom. The zero-order valence-corrected chi connectivity index (χ0v) is 20.6. The van der Waals surface area contributed by atoms with E-state index in [0.717, 1.165) is 56.2 Å². The van der Waals surface area contributed by atoms with Gasteiger partial charge in [0.2, 0.25) is 10.0 Å². The Balaban J connectivity index is 0.00000300. The molecule has 0 aromatic heterocycles. The average molecular weight is 536 g/mol. The quantitative estimate of drug-likeness (QED) is 0.332. The molecule has 0 amide bonds. The van der Waals surface area contributed by atoms with Gasteiger partial charge in [-0.1, -0.05) is 24.3 Å². The van der Waals surface area contributed by atoms with Crippen LogP contribution < -0.4 is 10.0 Å². The summed E-state index contributed by atoms with van der Waals surface area (Å²) in [6, 6.07) is 7.59. The fraction of sp³-hybridized carbons (Fsp3) is 0.650. The molecule has 2 heterocycles. The molecule has 9 heteroatoms. The fourth-order valence-electron chi connectivity index (χ4n) is 3.97. The molecule has 1 spiro atoms. The lowest BCUT2D eigenvalue weighted by Gasteiger charge is -2.25. The third-order valence-corrected chi connectivity index (χ3v) is 6.92. The minimum atomic E-state index is -3.30. The number of nitrogens with zero attached hydrogens (tertiary/aromatic N) is 2. The summed E-state index contributed by atoms with van der Waals surface area (Å²) in [5.41, 5.74) is 2.18. The predicted octanol–water partition coefficient (Wildman–Crippen LogP) is 2.32. The van der Waals surface area contributed by atoms with Gasteiger partial charge >= 0.3 is 0 Å². The Kier molecular flexibility index (Phi) is 8.74. The Bertz CT molecular complexity index is 790. The topological polar surface area (TPSA) is 83.0 Å². The molecule has 7 nitrogen and oxygen atoms in total. The van der Waals surface area contributed by atoms with Gasteiger partial charge in [0, 0.05) is 44.7 Å². The molecular weight excluding hydrogens is 503 g/mol. The summed E-state index contributed by atoms with van der Waals surface area (Å²) in [7, 11) is -1.49. The highest BCUT2D eigenvalue weighted by molar-refractivity contribution is 14.0. The van der Waals surface area contributed by atoms with E-state index in [1.807, 2.05) is 45.2 Å². The molecule has 2 aliphatic heterocycles. The summed E-state index contributed by atoms with van der Waals surface area (Å²) in [4.78, 5) is 6.75. The van der Waals surface area contributed by atoms with Gasteiger partial charge in [-0.25, -0.2) is 13.1 Å². The van der Waals surface area contributed by atoms with Gasteiger partial charge in [-0.2, -0.15) is 0 Å². The highest BCUT2D eigenvalue weighted by Crippen LogP contribution is 2.38. The van der Waals surface area contributed by atoms with Gasteiger partial charge in [0.05, 0.1) is 12.4 Å². The van der Waals surface area contributed by atoms with Gasteiger partial charge in [-0.3, -0.25) is 4.99 Å². The lowest BCUT2D eigenvalue weighted by molar-refractivity contribution is 0.156. The number of aliphatic imine (C=N–C) groups is 1. The smallest absolute Gasteiger partial charge is 0.216 e. The van der Waals surface area contributed by atoms with E-state index in [0.29, 0.717) is 12.0 Å². The van der Waals surface area contributed by atoms with E-state index >= 15 is 0 Å². The Hall–Kier alpha value is -0.910. The van der Waals surface area contributed by atoms with Gasteiger partial charge in [0.1, 0.15) is 0 Å². The van der Waals surface area contributed by atoms with Crippen LogP contribution in [0.25, 0.3) is 0 Å². The van der Waals surface area contributed by atoms with Gasteiger partial charge in [-0.15, -0.1) is 24.0 Å². The summed E-state index contributed by atoms with van der Waals surface area (Å²) in [5, 5.41) is 3.43. The van der Waals surface area contributed by atoms with Crippen molar-refractivity contribution < 1.29 is 13.2 Å². The lowest BCUT2D eigenvalue weighted by Crippen LogP contribution is -2.41. The molecule has 164 valence electrons. The molecule has 1 unspecified atom stereocenters. The maximum absolute atomic E-state index is 12.0. The van der Waals surface area contributed by atoms with Crippen LogP contribution in [0.2, 0.25) is 0 Å². The molecule has 3 rings (SSSR count). The highest BCUT2D eigenvalue weighted by Gasteiger charge is 2.42. The second kappa shape index (κ2) is 10.4. The molecule has 0 aliphatic carbocycles. The molecule has 2 saturated heterocycles. The molecule has 0 saturated carbocycles. The molecule has 29 heavy (non-hydrogen) atoms. The largest absolute Gasteiger partial charge is 0.381 e. The number of nitrogens with one attached hydrogen (secondary N) is 2. The van der Waals surface area contributed by atoms with Crippen LogP contribution in [-0.4, -0.2) is 58.7 Å². The second-order valence-electron chi connectivity index (χ2n) is 8.22. The summed E-state index contributed by atoms with van der Waals surface area (Å²) >= 11 is 0. The Morgan fingerprint density at radius 3 is 2.52 bits per heavy atom. The van der Waals surface area contributed by atoms with Crippen LogP contribution in [0.15, 0.2) is 29.3 Å². The van der Waals surface area contributed by atoms with Gasteiger partial charge in [0.15, 0.2) is 5.96 Å². The lowest BCUT2D eigenvalue weighted by atomic mass is 9.87. The SMILES string of the molecule is CN=C(NCc1ccc(CS(=O)(=O)NC(C)C)cc1)N1CCC2(CCOC2)C1.I. The predicted molar refractivity (Wildman–Crippen MR) is 127 cm³/mol. The number of hydrogen-bond acceptors (Lipinski definition) is 4. The van der Waals surface area contributed by atoms with E-state index in [-0.39, 0.29) is 35.8 Å². The molecule has 2 aliphatic rings. The van der Waals surface area contributed by atoms with Crippen LogP contribution in [0.1, 0.15) is 37.8 Å². The zero-order valence-electron chi connectivity index (χ0n) is 17.5. The van der Waals surface area contributed by atoms with E-state index < -0.39 is 10.0 Å². The first kappa shape index (κ1) is 24.4. The van der Waals surface area contributed by atoms with E-state index in [4.69, 9.17) is 4.74 Å². The van der Waals surface area contributed by atoms with Crippen molar-refractivity contribution in [1.29, 1.82) is 0 Å². The first-order valence-electron chi connectivity index (χ1n) is 9.92. The van der Waals surface area contributed by atoms with Crippen molar-refractivity contribution in [3.8, 4) is 0 Å². The maximum atomic E-state index is 12.0. The number of hydrogen-bond donors (Lipinski definition) is 2. The normalized spacial score (nSPS) is 22.3. The summed E-state index contributed by atoms with van der Waals surface area (Å²) in [6.45, 7) is 8.02. The second-order valence-corrected chi connectivity index (χ2v) is 9.98. The van der Waals surface area contributed by atoms with E-state index in [1.54, 1.807) is 0 Å². The Labute approximate surface area is 191 Å². The van der Waals surface area contributed by atoms with Crippen LogP contribution in [0, 0.1) is 5.41 Å². The highest BCUT2D eigenvalue weighted by atomic mass is 127. The molecular formula is C20H33IN4O3S. The van der Waals surface area contributed by atoms with Gasteiger partial charge < -0.3 is 15.0 Å². The van der Waals surface area contributed by atoms with Crippen LogP contribution in [0.3, 0.4) is 0 Å². The van der Waals surface area contributed by atoms with Crippen molar-refractivity contribution in [3.05, 3.63) is 35.4 Å². The van der Waals surface area contributed by atoms with Gasteiger partial charge in [-0.05, 0) is 37.8 Å². The molecule has 0 radical (unpaired) electrons. The minimum Gasteiger partial charge on any atom is -0.381 e. The molecule has 1 aromatic carbocycles. The number of guanidine groups is 1. The molecule has 2 fully saturated rings. The zero-order chi connectivity index (χ0) is 20.2. The van der Waals surface area contributed by atoms with Crippen LogP contribution in [-0.2, 0) is 27.1 Å². The number of rotatable bonds is 6. The molecule has 0 bridgehead atoms. The summed E-state index contributed by atoms with van der Waals surface area (Å²) in [5.74, 6) is 0.912. The van der Waals surface area contributed by atoms with Crippen LogP contribution in [0.5, 0.6) is 0 Å². The molecule has 2 N–H and O–H groups in total. The average Bonchev–Trinajstić information content (AvgIpc) is 3.26. The number of halogens is 1. The van der Waals surface area contributed by atoms with Crippen LogP contribution in [0.4, 0.5) is 0 Å². The molecule has 1 atom stereocenters. The fourth-order valence-corrected chi connectivity index (χ4v) is 5.41. The number of benzene rings is 1. The third kappa shape index (κ3) is 6.80. The Morgan fingerprint density at radius 1 is 1.24 bits per heavy atom. The minimum absolute atomic E-state index is 0. The summed E-state index contributed by atoms with van der Waals surface area (Å²) in [6.07, 6.45) is 2.29. The monoisotopic (exact) mass is 536 g/mol. The number of ether oxygens (including phenoxy) is 1. The number of likely N-dealkylation sites (tertiary alicyclic amines) is 1. The van der Waals surface area contributed by atoms with Gasteiger partial charge in [0.25, 0.3) is 0 Å². The van der Waals surface area contributed by atoms with E-state index in [2.05, 4.69) is 19.9 Å².